The van der Waals surface area contributed by atoms with Crippen LogP contribution in [-0.4, -0.2) is 6.10 Å². The molecule has 1 rings (SSSR count). The zero-order valence-corrected chi connectivity index (χ0v) is 9.65. The van der Waals surface area contributed by atoms with E-state index in [1.807, 2.05) is 18.2 Å². The Balaban J connectivity index is 2.37. The van der Waals surface area contributed by atoms with E-state index in [4.69, 9.17) is 4.74 Å². The highest BCUT2D eigenvalue weighted by molar-refractivity contribution is 5.13. The predicted octanol–water partition coefficient (Wildman–Crippen LogP) is 3.95. The molecular weight excluding hydrogens is 184 g/mol. The lowest BCUT2D eigenvalue weighted by Crippen LogP contribution is -2.08. The van der Waals surface area contributed by atoms with E-state index < -0.39 is 0 Å². The maximum absolute atomic E-state index is 5.79. The summed E-state index contributed by atoms with van der Waals surface area (Å²) in [6.45, 7) is 4.99. The van der Waals surface area contributed by atoms with Crippen molar-refractivity contribution in [3.8, 4) is 0 Å². The van der Waals surface area contributed by atoms with Crippen molar-refractivity contribution in [2.45, 2.75) is 39.4 Å². The normalized spacial score (nSPS) is 13.2. The van der Waals surface area contributed by atoms with Crippen LogP contribution in [0.3, 0.4) is 0 Å². The van der Waals surface area contributed by atoms with E-state index >= 15 is 0 Å². The Morgan fingerprint density at radius 2 is 1.93 bits per heavy atom. The summed E-state index contributed by atoms with van der Waals surface area (Å²) in [6.07, 6.45) is 6.68. The molecule has 0 saturated carbocycles. The van der Waals surface area contributed by atoms with Gasteiger partial charge in [-0.3, -0.25) is 0 Å². The summed E-state index contributed by atoms with van der Waals surface area (Å²) >= 11 is 0. The molecule has 1 unspecified atom stereocenters. The number of ether oxygens (including phenoxy) is 1. The molecule has 0 saturated heterocycles. The highest BCUT2D eigenvalue weighted by Crippen LogP contribution is 2.07. The first kappa shape index (κ1) is 12.0. The summed E-state index contributed by atoms with van der Waals surface area (Å²) in [5.41, 5.74) is 1.24. The van der Waals surface area contributed by atoms with Gasteiger partial charge in [0.25, 0.3) is 0 Å². The first-order chi connectivity index (χ1) is 7.36. The van der Waals surface area contributed by atoms with E-state index in [2.05, 4.69) is 38.1 Å². The second-order valence-corrected chi connectivity index (χ2v) is 3.58. The van der Waals surface area contributed by atoms with Crippen molar-refractivity contribution in [2.24, 2.45) is 0 Å². The molecule has 15 heavy (non-hydrogen) atoms. The number of benzene rings is 1. The van der Waals surface area contributed by atoms with Crippen molar-refractivity contribution in [1.82, 2.24) is 0 Å². The zero-order chi connectivity index (χ0) is 10.9. The van der Waals surface area contributed by atoms with Gasteiger partial charge < -0.3 is 4.74 Å². The monoisotopic (exact) mass is 204 g/mol. The first-order valence-electron chi connectivity index (χ1n) is 5.69. The molecular formula is C14H20O. The van der Waals surface area contributed by atoms with Crippen LogP contribution in [0.25, 0.3) is 0 Å². The molecule has 0 spiro atoms. The van der Waals surface area contributed by atoms with Crippen molar-refractivity contribution in [3.63, 3.8) is 0 Å². The average molecular weight is 204 g/mol. The van der Waals surface area contributed by atoms with E-state index in [9.17, 15) is 0 Å². The molecule has 0 aliphatic rings. The number of allylic oxidation sites excluding steroid dienone is 1. The quantitative estimate of drug-likeness (QED) is 0.637. The van der Waals surface area contributed by atoms with Crippen molar-refractivity contribution in [1.29, 1.82) is 0 Å². The summed E-state index contributed by atoms with van der Waals surface area (Å²) in [6, 6.07) is 10.3. The van der Waals surface area contributed by atoms with Crippen molar-refractivity contribution >= 4 is 0 Å². The van der Waals surface area contributed by atoms with Crippen molar-refractivity contribution in [2.75, 3.05) is 0 Å². The lowest BCUT2D eigenvalue weighted by molar-refractivity contribution is 0.0695. The fourth-order valence-corrected chi connectivity index (χ4v) is 1.37. The van der Waals surface area contributed by atoms with Gasteiger partial charge in [-0.15, -0.1) is 0 Å². The van der Waals surface area contributed by atoms with E-state index in [1.54, 1.807) is 0 Å². The second kappa shape index (κ2) is 7.24. The van der Waals surface area contributed by atoms with Gasteiger partial charge in [0.15, 0.2) is 0 Å². The van der Waals surface area contributed by atoms with Crippen LogP contribution >= 0.6 is 0 Å². The highest BCUT2D eigenvalue weighted by Gasteiger charge is 2.01. The minimum Gasteiger partial charge on any atom is -0.369 e. The van der Waals surface area contributed by atoms with Gasteiger partial charge in [0.2, 0.25) is 0 Å². The number of hydrogen-bond donors (Lipinski definition) is 0. The molecule has 1 aromatic carbocycles. The molecule has 0 heterocycles. The van der Waals surface area contributed by atoms with Crippen LogP contribution in [0.1, 0.15) is 32.3 Å². The topological polar surface area (TPSA) is 9.23 Å². The van der Waals surface area contributed by atoms with Gasteiger partial charge in [-0.1, -0.05) is 56.3 Å². The van der Waals surface area contributed by atoms with Crippen molar-refractivity contribution in [3.05, 3.63) is 48.0 Å². The molecule has 0 aromatic heterocycles. The fourth-order valence-electron chi connectivity index (χ4n) is 1.37. The molecule has 0 fully saturated rings. The van der Waals surface area contributed by atoms with Gasteiger partial charge in [0, 0.05) is 0 Å². The molecule has 82 valence electrons. The van der Waals surface area contributed by atoms with Gasteiger partial charge >= 0.3 is 0 Å². The smallest absolute Gasteiger partial charge is 0.0757 e. The average Bonchev–Trinajstić information content (AvgIpc) is 2.31. The molecule has 0 amide bonds. The lowest BCUT2D eigenvalue weighted by atomic mass is 10.2. The van der Waals surface area contributed by atoms with E-state index in [1.165, 1.54) is 5.56 Å². The molecule has 1 heteroatoms. The maximum atomic E-state index is 5.79. The van der Waals surface area contributed by atoms with Gasteiger partial charge in [0.1, 0.15) is 0 Å². The molecule has 0 radical (unpaired) electrons. The highest BCUT2D eigenvalue weighted by atomic mass is 16.5. The Morgan fingerprint density at radius 1 is 1.20 bits per heavy atom. The summed E-state index contributed by atoms with van der Waals surface area (Å²) in [5, 5.41) is 0. The lowest BCUT2D eigenvalue weighted by Gasteiger charge is -2.11. The van der Waals surface area contributed by atoms with E-state index in [-0.39, 0.29) is 6.10 Å². The Hall–Kier alpha value is -1.08. The molecule has 0 aliphatic carbocycles. The summed E-state index contributed by atoms with van der Waals surface area (Å²) in [7, 11) is 0. The van der Waals surface area contributed by atoms with Crippen molar-refractivity contribution < 1.29 is 4.74 Å². The van der Waals surface area contributed by atoms with Gasteiger partial charge in [-0.2, -0.15) is 0 Å². The molecule has 0 aliphatic heterocycles. The largest absolute Gasteiger partial charge is 0.369 e. The number of hydrogen-bond acceptors (Lipinski definition) is 1. The summed E-state index contributed by atoms with van der Waals surface area (Å²) < 4.78 is 5.79. The molecule has 0 bridgehead atoms. The van der Waals surface area contributed by atoms with Crippen LogP contribution in [0.5, 0.6) is 0 Å². The molecule has 0 N–H and O–H groups in total. The second-order valence-electron chi connectivity index (χ2n) is 3.58. The van der Waals surface area contributed by atoms with E-state index in [0.717, 1.165) is 12.8 Å². The minimum absolute atomic E-state index is 0.255. The maximum Gasteiger partial charge on any atom is 0.0757 e. The Kier molecular flexibility index (Phi) is 5.79. The molecule has 1 nitrogen and oxygen atoms in total. The first-order valence-corrected chi connectivity index (χ1v) is 5.69. The van der Waals surface area contributed by atoms with Gasteiger partial charge in [0.05, 0.1) is 12.7 Å². The van der Waals surface area contributed by atoms with Gasteiger partial charge in [-0.25, -0.2) is 0 Å². The van der Waals surface area contributed by atoms with Gasteiger partial charge in [-0.05, 0) is 18.4 Å². The third-order valence-corrected chi connectivity index (χ3v) is 2.30. The Labute approximate surface area is 92.8 Å². The fraction of sp³-hybridized carbons (Fsp3) is 0.429. The summed E-state index contributed by atoms with van der Waals surface area (Å²) in [4.78, 5) is 0. The van der Waals surface area contributed by atoms with E-state index in [0.29, 0.717) is 6.61 Å². The standard InChI is InChI=1S/C14H20O/c1-3-5-11-14(4-2)15-12-13-9-7-6-8-10-13/h5-11,14H,3-4,12H2,1-2H3/b11-5+. The van der Waals surface area contributed by atoms with Crippen LogP contribution in [0.2, 0.25) is 0 Å². The third kappa shape index (κ3) is 4.80. The Morgan fingerprint density at radius 3 is 2.53 bits per heavy atom. The molecule has 1 atom stereocenters. The van der Waals surface area contributed by atoms with Crippen LogP contribution in [-0.2, 0) is 11.3 Å². The zero-order valence-electron chi connectivity index (χ0n) is 9.65. The Bertz CT molecular complexity index is 277. The van der Waals surface area contributed by atoms with Crippen LogP contribution in [0.15, 0.2) is 42.5 Å². The minimum atomic E-state index is 0.255. The predicted molar refractivity (Wildman–Crippen MR) is 64.7 cm³/mol. The summed E-state index contributed by atoms with van der Waals surface area (Å²) in [5.74, 6) is 0. The van der Waals surface area contributed by atoms with Crippen LogP contribution in [0.4, 0.5) is 0 Å². The van der Waals surface area contributed by atoms with Crippen LogP contribution < -0.4 is 0 Å². The number of rotatable bonds is 6. The molecule has 1 aromatic rings. The third-order valence-electron chi connectivity index (χ3n) is 2.30. The SMILES string of the molecule is CC/C=C/C(CC)OCc1ccccc1. The van der Waals surface area contributed by atoms with Crippen LogP contribution in [0, 0.1) is 0 Å².